The van der Waals surface area contributed by atoms with E-state index in [2.05, 4.69) is 63.0 Å². The molecule has 1 unspecified atom stereocenters. The minimum Gasteiger partial charge on any atom is -0.356 e. The molecule has 2 saturated heterocycles. The van der Waals surface area contributed by atoms with E-state index in [1.54, 1.807) is 39.8 Å². The number of thioether (sulfide) groups is 1. The van der Waals surface area contributed by atoms with Gasteiger partial charge in [-0.1, -0.05) is 157 Å². The maximum atomic E-state index is 14.6. The fraction of sp³-hybridized carbons (Fsp3) is 0.400. The van der Waals surface area contributed by atoms with Crippen molar-refractivity contribution < 1.29 is 28.8 Å². The van der Waals surface area contributed by atoms with Crippen LogP contribution in [0.3, 0.4) is 0 Å². The van der Waals surface area contributed by atoms with Gasteiger partial charge in [0.1, 0.15) is 12.1 Å². The minimum atomic E-state index is -0.987. The SMILES string of the molecule is CCNC(=O)[C@]1(Cc2ccccc2)CCCN(C(=O)C(Cc2ccc(Cl)c(Cl)c2)NC(=O)N[C@@H]2CCCN(C(=O)CCCCCNC(=O)[C@H](CSC(c3ccccc3)(c3ccccc3)c3ccccc3)NC(C)=O)C2)C1. The smallest absolute Gasteiger partial charge is 0.315 e. The average molecular weight is 1090 g/mol. The van der Waals surface area contributed by atoms with Crippen molar-refractivity contribution in [3.05, 3.63) is 177 Å². The number of rotatable bonds is 23. The second-order valence-electron chi connectivity index (χ2n) is 19.9. The Labute approximate surface area is 462 Å². The molecule has 16 heteroatoms. The molecule has 2 aliphatic rings. The van der Waals surface area contributed by atoms with Crippen molar-refractivity contribution in [2.75, 3.05) is 45.0 Å². The molecule has 76 heavy (non-hydrogen) atoms. The normalized spacial score (nSPS) is 17.4. The molecule has 0 aliphatic carbocycles. The van der Waals surface area contributed by atoms with E-state index >= 15 is 0 Å². The fourth-order valence-electron chi connectivity index (χ4n) is 10.6. The lowest BCUT2D eigenvalue weighted by atomic mass is 9.74. The van der Waals surface area contributed by atoms with Crippen LogP contribution in [0.4, 0.5) is 4.79 Å². The zero-order valence-electron chi connectivity index (χ0n) is 43.5. The van der Waals surface area contributed by atoms with Gasteiger partial charge < -0.3 is 36.4 Å². The molecule has 0 saturated carbocycles. The summed E-state index contributed by atoms with van der Waals surface area (Å²) in [6, 6.07) is 42.9. The molecule has 402 valence electrons. The molecule has 4 atom stereocenters. The first-order valence-corrected chi connectivity index (χ1v) is 28.3. The maximum absolute atomic E-state index is 14.6. The summed E-state index contributed by atoms with van der Waals surface area (Å²) in [6.07, 6.45) is 5.46. The Morgan fingerprint density at radius 3 is 1.92 bits per heavy atom. The van der Waals surface area contributed by atoms with Crippen LogP contribution < -0.4 is 26.6 Å². The quantitative estimate of drug-likeness (QED) is 0.0321. The summed E-state index contributed by atoms with van der Waals surface area (Å²) in [4.78, 5) is 85.6. The zero-order valence-corrected chi connectivity index (χ0v) is 45.9. The number of carbonyl (C=O) groups is 6. The van der Waals surface area contributed by atoms with Crippen molar-refractivity contribution >= 4 is 70.5 Å². The molecular weight excluding hydrogens is 1020 g/mol. The van der Waals surface area contributed by atoms with E-state index in [9.17, 15) is 28.8 Å². The molecule has 0 aromatic heterocycles. The number of hydrogen-bond donors (Lipinski definition) is 5. The fourth-order valence-corrected chi connectivity index (χ4v) is 12.5. The van der Waals surface area contributed by atoms with Crippen molar-refractivity contribution in [1.29, 1.82) is 0 Å². The van der Waals surface area contributed by atoms with Crippen LogP contribution in [-0.4, -0.2) is 109 Å². The summed E-state index contributed by atoms with van der Waals surface area (Å²) in [7, 11) is 0. The summed E-state index contributed by atoms with van der Waals surface area (Å²) < 4.78 is -0.664. The Balaban J connectivity index is 0.910. The van der Waals surface area contributed by atoms with Crippen molar-refractivity contribution in [2.45, 2.75) is 101 Å². The predicted octanol–water partition coefficient (Wildman–Crippen LogP) is 9.09. The number of unbranched alkanes of at least 4 members (excludes halogenated alkanes) is 2. The third kappa shape index (κ3) is 15.4. The Kier molecular flexibility index (Phi) is 21.2. The summed E-state index contributed by atoms with van der Waals surface area (Å²) in [5.74, 6) is -0.682. The second-order valence-corrected chi connectivity index (χ2v) is 22.0. The molecule has 0 spiro atoms. The van der Waals surface area contributed by atoms with Gasteiger partial charge in [0.15, 0.2) is 0 Å². The second kappa shape index (κ2) is 28.1. The molecule has 7 amide bonds. The van der Waals surface area contributed by atoms with Crippen LogP contribution in [0.2, 0.25) is 10.0 Å². The van der Waals surface area contributed by atoms with Crippen molar-refractivity contribution in [3.63, 3.8) is 0 Å². The van der Waals surface area contributed by atoms with Crippen LogP contribution in [0, 0.1) is 5.41 Å². The van der Waals surface area contributed by atoms with E-state index in [-0.39, 0.29) is 48.5 Å². The van der Waals surface area contributed by atoms with E-state index in [4.69, 9.17) is 23.2 Å². The third-order valence-corrected chi connectivity index (χ3v) is 16.7. The first-order chi connectivity index (χ1) is 36.8. The number of amides is 7. The number of nitrogens with zero attached hydrogens (tertiary/aromatic N) is 2. The maximum Gasteiger partial charge on any atom is 0.315 e. The van der Waals surface area contributed by atoms with Crippen LogP contribution in [0.25, 0.3) is 0 Å². The lowest BCUT2D eigenvalue weighted by molar-refractivity contribution is -0.143. The molecule has 2 aliphatic heterocycles. The summed E-state index contributed by atoms with van der Waals surface area (Å²) in [5.41, 5.74) is 4.03. The van der Waals surface area contributed by atoms with Crippen LogP contribution in [-0.2, 0) is 41.6 Å². The molecule has 5 aromatic rings. The highest BCUT2D eigenvalue weighted by Crippen LogP contribution is 2.48. The molecule has 0 radical (unpaired) electrons. The molecular formula is C60H71Cl2N7O6S. The largest absolute Gasteiger partial charge is 0.356 e. The van der Waals surface area contributed by atoms with Gasteiger partial charge in [-0.3, -0.25) is 24.0 Å². The predicted molar refractivity (Wildman–Crippen MR) is 303 cm³/mol. The van der Waals surface area contributed by atoms with Gasteiger partial charge in [0.25, 0.3) is 0 Å². The Morgan fingerprint density at radius 1 is 0.697 bits per heavy atom. The Bertz CT molecular complexity index is 2630. The summed E-state index contributed by atoms with van der Waals surface area (Å²) >= 11 is 14.3. The van der Waals surface area contributed by atoms with Crippen LogP contribution in [0.1, 0.15) is 93.0 Å². The minimum absolute atomic E-state index is 0.0127. The van der Waals surface area contributed by atoms with Gasteiger partial charge in [-0.2, -0.15) is 0 Å². The number of benzene rings is 5. The van der Waals surface area contributed by atoms with Gasteiger partial charge in [-0.05, 0) is 91.8 Å². The lowest BCUT2D eigenvalue weighted by Gasteiger charge is -2.43. The van der Waals surface area contributed by atoms with Gasteiger partial charge in [0, 0.05) is 70.8 Å². The highest BCUT2D eigenvalue weighted by atomic mass is 35.5. The van der Waals surface area contributed by atoms with Gasteiger partial charge >= 0.3 is 6.03 Å². The van der Waals surface area contributed by atoms with E-state index in [1.165, 1.54) is 6.92 Å². The average Bonchev–Trinajstić information content (AvgIpc) is 3.45. The van der Waals surface area contributed by atoms with E-state index in [0.29, 0.717) is 112 Å². The van der Waals surface area contributed by atoms with E-state index in [0.717, 1.165) is 22.3 Å². The number of piperidine rings is 2. The van der Waals surface area contributed by atoms with Crippen LogP contribution in [0.15, 0.2) is 140 Å². The van der Waals surface area contributed by atoms with Crippen LogP contribution >= 0.6 is 35.0 Å². The summed E-state index contributed by atoms with van der Waals surface area (Å²) in [5, 5.41) is 15.7. The summed E-state index contributed by atoms with van der Waals surface area (Å²) in [6.45, 7) is 5.68. The highest BCUT2D eigenvalue weighted by Gasteiger charge is 2.45. The molecule has 0 bridgehead atoms. The topological polar surface area (TPSA) is 169 Å². The highest BCUT2D eigenvalue weighted by molar-refractivity contribution is 8.00. The van der Waals surface area contributed by atoms with Gasteiger partial charge in [-0.15, -0.1) is 11.8 Å². The molecule has 13 nitrogen and oxygen atoms in total. The van der Waals surface area contributed by atoms with Crippen molar-refractivity contribution in [3.8, 4) is 0 Å². The van der Waals surface area contributed by atoms with Gasteiger partial charge in [0.2, 0.25) is 29.5 Å². The molecule has 2 heterocycles. The molecule has 5 aromatic carbocycles. The number of hydrogen-bond acceptors (Lipinski definition) is 7. The number of urea groups is 1. The molecule has 5 N–H and O–H groups in total. The van der Waals surface area contributed by atoms with E-state index in [1.807, 2.05) is 91.9 Å². The van der Waals surface area contributed by atoms with Crippen molar-refractivity contribution in [1.82, 2.24) is 36.4 Å². The number of carbonyl (C=O) groups excluding carboxylic acids is 6. The standard InChI is InChI=1S/C60H71Cl2N7O6S/c1-3-63-57(74)59(39-44-21-9-4-10-22-44)33-20-36-69(42-59)56(73)52(38-45-31-32-50(61)51(62)37-45)67-58(75)66-49-29-19-35-68(40-49)54(71)30-17-8-18-34-64-55(72)53(65-43(2)70)41-76-60(46-23-11-5-12-24-46,47-25-13-6-14-26-47)48-27-15-7-16-28-48/h4-7,9-16,21-28,31-32,37,49,52-53H,3,8,17-20,29-30,33-36,38-42H2,1-2H3,(H,63,74)(H,64,72)(H,65,70)(H2,66,67,75)/t49-,52?,53+,59+/m1/s1. The molecule has 2 fully saturated rings. The third-order valence-electron chi connectivity index (χ3n) is 14.3. The van der Waals surface area contributed by atoms with E-state index < -0.39 is 28.3 Å². The number of halogens is 2. The number of likely N-dealkylation sites (tertiary alicyclic amines) is 2. The monoisotopic (exact) mass is 1090 g/mol. The first kappa shape index (κ1) is 57.4. The molecule has 7 rings (SSSR count). The van der Waals surface area contributed by atoms with Crippen LogP contribution in [0.5, 0.6) is 0 Å². The number of nitrogens with one attached hydrogen (secondary N) is 5. The van der Waals surface area contributed by atoms with Gasteiger partial charge in [0.05, 0.1) is 20.2 Å². The zero-order chi connectivity index (χ0) is 53.9. The lowest BCUT2D eigenvalue weighted by Crippen LogP contribution is -2.60. The first-order valence-electron chi connectivity index (χ1n) is 26.6. The van der Waals surface area contributed by atoms with Crippen molar-refractivity contribution in [2.24, 2.45) is 5.41 Å². The Hall–Kier alpha value is -6.35. The Morgan fingerprint density at radius 2 is 1.32 bits per heavy atom. The van der Waals surface area contributed by atoms with Gasteiger partial charge in [-0.25, -0.2) is 4.79 Å².